The Morgan fingerprint density at radius 1 is 1.62 bits per heavy atom. The number of nitrogens with zero attached hydrogens (tertiary/aromatic N) is 1. The first kappa shape index (κ1) is 9.00. The summed E-state index contributed by atoms with van der Waals surface area (Å²) in [5.74, 6) is -2.46. The molecule has 1 rings (SSSR count). The Labute approximate surface area is 73.0 Å². The second-order valence-electron chi connectivity index (χ2n) is 2.30. The summed E-state index contributed by atoms with van der Waals surface area (Å²) in [5.41, 5.74) is 4.23. The fourth-order valence-electron chi connectivity index (χ4n) is 0.923. The minimum absolute atomic E-state index is 0.0405. The number of rotatable bonds is 1. The molecular weight excluding hydrogens is 175 g/mol. The summed E-state index contributed by atoms with van der Waals surface area (Å²) in [6.07, 6.45) is 0. The summed E-state index contributed by atoms with van der Waals surface area (Å²) in [6, 6.07) is 3.61. The number of nitriles is 1. The number of benzene rings is 1. The fraction of sp³-hybridized carbons (Fsp3) is 0. The molecule has 0 atom stereocenters. The first-order valence-corrected chi connectivity index (χ1v) is 3.29. The summed E-state index contributed by atoms with van der Waals surface area (Å²) in [5, 5.41) is 17.1. The van der Waals surface area contributed by atoms with Crippen LogP contribution in [0.1, 0.15) is 15.9 Å². The van der Waals surface area contributed by atoms with Crippen LogP contribution in [0.4, 0.5) is 10.1 Å². The van der Waals surface area contributed by atoms with E-state index in [-0.39, 0.29) is 11.3 Å². The smallest absolute Gasteiger partial charge is 0.340 e. The molecule has 0 aliphatic heterocycles. The molecule has 0 unspecified atom stereocenters. The van der Waals surface area contributed by atoms with Gasteiger partial charge in [-0.15, -0.1) is 0 Å². The third kappa shape index (κ3) is 1.42. The van der Waals surface area contributed by atoms with Crippen LogP contribution in [0, 0.1) is 17.1 Å². The maximum Gasteiger partial charge on any atom is 0.340 e. The largest absolute Gasteiger partial charge is 0.478 e. The Hall–Kier alpha value is -2.09. The summed E-state index contributed by atoms with van der Waals surface area (Å²) in [4.78, 5) is 10.5. The molecule has 0 saturated carbocycles. The molecular formula is C8H5FN2O2. The van der Waals surface area contributed by atoms with Crippen molar-refractivity contribution in [3.63, 3.8) is 0 Å². The standard InChI is InChI=1S/C8H5FN2O2/c9-5-1-2-6(11)4(3-10)7(5)8(12)13/h1-2H,11H2,(H,12,13). The summed E-state index contributed by atoms with van der Waals surface area (Å²) >= 11 is 0. The number of nitrogen functional groups attached to an aromatic ring is 1. The molecule has 0 spiro atoms. The van der Waals surface area contributed by atoms with E-state index in [2.05, 4.69) is 0 Å². The van der Waals surface area contributed by atoms with E-state index in [0.717, 1.165) is 12.1 Å². The number of nitrogens with two attached hydrogens (primary N) is 1. The zero-order valence-electron chi connectivity index (χ0n) is 6.41. The van der Waals surface area contributed by atoms with Gasteiger partial charge in [0.05, 0.1) is 11.3 Å². The zero-order valence-corrected chi connectivity index (χ0v) is 6.41. The van der Waals surface area contributed by atoms with Crippen LogP contribution in [0.2, 0.25) is 0 Å². The molecule has 4 nitrogen and oxygen atoms in total. The quantitative estimate of drug-likeness (QED) is 0.630. The van der Waals surface area contributed by atoms with Gasteiger partial charge < -0.3 is 10.8 Å². The number of carbonyl (C=O) groups is 1. The molecule has 66 valence electrons. The van der Waals surface area contributed by atoms with Crippen molar-refractivity contribution < 1.29 is 14.3 Å². The van der Waals surface area contributed by atoms with Crippen LogP contribution in [0.3, 0.4) is 0 Å². The van der Waals surface area contributed by atoms with E-state index >= 15 is 0 Å². The molecule has 0 aromatic heterocycles. The summed E-state index contributed by atoms with van der Waals surface area (Å²) < 4.78 is 12.9. The van der Waals surface area contributed by atoms with Gasteiger partial charge >= 0.3 is 5.97 Å². The topological polar surface area (TPSA) is 87.1 Å². The highest BCUT2D eigenvalue weighted by Crippen LogP contribution is 2.19. The van der Waals surface area contributed by atoms with Crippen LogP contribution in [-0.2, 0) is 0 Å². The zero-order chi connectivity index (χ0) is 10.0. The van der Waals surface area contributed by atoms with Crippen molar-refractivity contribution in [1.82, 2.24) is 0 Å². The molecule has 0 saturated heterocycles. The molecule has 0 bridgehead atoms. The Morgan fingerprint density at radius 2 is 2.23 bits per heavy atom. The Kier molecular flexibility index (Phi) is 2.15. The number of carboxylic acids is 1. The van der Waals surface area contributed by atoms with Crippen LogP contribution in [0.15, 0.2) is 12.1 Å². The maximum atomic E-state index is 12.9. The highest BCUT2D eigenvalue weighted by molar-refractivity contribution is 5.92. The SMILES string of the molecule is N#Cc1c(N)ccc(F)c1C(=O)O. The predicted molar refractivity (Wildman–Crippen MR) is 42.5 cm³/mol. The van der Waals surface area contributed by atoms with Crippen LogP contribution in [-0.4, -0.2) is 11.1 Å². The Morgan fingerprint density at radius 3 is 2.62 bits per heavy atom. The van der Waals surface area contributed by atoms with Gasteiger partial charge in [-0.05, 0) is 12.1 Å². The maximum absolute atomic E-state index is 12.9. The number of hydrogen-bond acceptors (Lipinski definition) is 3. The summed E-state index contributed by atoms with van der Waals surface area (Å²) in [7, 11) is 0. The molecule has 0 heterocycles. The van der Waals surface area contributed by atoms with E-state index in [1.165, 1.54) is 0 Å². The normalized spacial score (nSPS) is 9.23. The van der Waals surface area contributed by atoms with Crippen molar-refractivity contribution in [2.24, 2.45) is 0 Å². The van der Waals surface area contributed by atoms with Crippen molar-refractivity contribution >= 4 is 11.7 Å². The minimum atomic E-state index is -1.50. The van der Waals surface area contributed by atoms with E-state index < -0.39 is 17.3 Å². The van der Waals surface area contributed by atoms with Crippen molar-refractivity contribution in [3.05, 3.63) is 29.1 Å². The monoisotopic (exact) mass is 180 g/mol. The first-order valence-electron chi connectivity index (χ1n) is 3.29. The Bertz CT molecular complexity index is 409. The third-order valence-corrected chi connectivity index (χ3v) is 1.51. The number of carboxylic acid groups (broad SMARTS) is 1. The lowest BCUT2D eigenvalue weighted by molar-refractivity contribution is 0.0691. The van der Waals surface area contributed by atoms with Gasteiger partial charge in [0.2, 0.25) is 0 Å². The number of hydrogen-bond donors (Lipinski definition) is 2. The lowest BCUT2D eigenvalue weighted by atomic mass is 10.1. The Balaban J connectivity index is 3.55. The van der Waals surface area contributed by atoms with Crippen molar-refractivity contribution in [1.29, 1.82) is 5.26 Å². The average molecular weight is 180 g/mol. The molecule has 13 heavy (non-hydrogen) atoms. The van der Waals surface area contributed by atoms with E-state index in [4.69, 9.17) is 16.1 Å². The fourth-order valence-corrected chi connectivity index (χ4v) is 0.923. The van der Waals surface area contributed by atoms with Gasteiger partial charge in [-0.25, -0.2) is 9.18 Å². The van der Waals surface area contributed by atoms with Gasteiger partial charge in [-0.2, -0.15) is 5.26 Å². The van der Waals surface area contributed by atoms with Crippen LogP contribution in [0.5, 0.6) is 0 Å². The first-order chi connectivity index (χ1) is 6.07. The van der Waals surface area contributed by atoms with Gasteiger partial charge in [0.15, 0.2) is 0 Å². The van der Waals surface area contributed by atoms with E-state index in [0.29, 0.717) is 0 Å². The van der Waals surface area contributed by atoms with Crippen molar-refractivity contribution in [2.45, 2.75) is 0 Å². The van der Waals surface area contributed by atoms with Crippen LogP contribution < -0.4 is 5.73 Å². The molecule has 1 aromatic rings. The van der Waals surface area contributed by atoms with Crippen molar-refractivity contribution in [2.75, 3.05) is 5.73 Å². The second kappa shape index (κ2) is 3.11. The molecule has 3 N–H and O–H groups in total. The van der Waals surface area contributed by atoms with Gasteiger partial charge in [0.1, 0.15) is 17.4 Å². The summed E-state index contributed by atoms with van der Waals surface area (Å²) in [6.45, 7) is 0. The van der Waals surface area contributed by atoms with E-state index in [9.17, 15) is 9.18 Å². The number of anilines is 1. The highest BCUT2D eigenvalue weighted by atomic mass is 19.1. The number of halogens is 1. The lowest BCUT2D eigenvalue weighted by Crippen LogP contribution is -2.06. The van der Waals surface area contributed by atoms with Gasteiger partial charge in [0, 0.05) is 0 Å². The van der Waals surface area contributed by atoms with Crippen LogP contribution >= 0.6 is 0 Å². The lowest BCUT2D eigenvalue weighted by Gasteiger charge is -2.02. The molecule has 0 fully saturated rings. The van der Waals surface area contributed by atoms with Crippen LogP contribution in [0.25, 0.3) is 0 Å². The van der Waals surface area contributed by atoms with Crippen molar-refractivity contribution in [3.8, 4) is 6.07 Å². The number of aromatic carboxylic acids is 1. The molecule has 1 aromatic carbocycles. The second-order valence-corrected chi connectivity index (χ2v) is 2.30. The predicted octanol–water partition coefficient (Wildman–Crippen LogP) is 0.978. The molecule has 0 radical (unpaired) electrons. The molecule has 0 aliphatic rings. The highest BCUT2D eigenvalue weighted by Gasteiger charge is 2.17. The molecule has 0 amide bonds. The van der Waals surface area contributed by atoms with E-state index in [1.54, 1.807) is 6.07 Å². The molecule has 5 heteroatoms. The molecule has 0 aliphatic carbocycles. The average Bonchev–Trinajstić information content (AvgIpc) is 2.07. The van der Waals surface area contributed by atoms with Gasteiger partial charge in [-0.1, -0.05) is 0 Å². The third-order valence-electron chi connectivity index (χ3n) is 1.51. The van der Waals surface area contributed by atoms with Gasteiger partial charge in [-0.3, -0.25) is 0 Å². The van der Waals surface area contributed by atoms with Gasteiger partial charge in [0.25, 0.3) is 0 Å². The van der Waals surface area contributed by atoms with E-state index in [1.807, 2.05) is 0 Å². The minimum Gasteiger partial charge on any atom is -0.478 e.